The summed E-state index contributed by atoms with van der Waals surface area (Å²) in [6.45, 7) is 2.50. The molecule has 8 nitrogen and oxygen atoms in total. The molecule has 2 N–H and O–H groups in total. The molecule has 160 valence electrons. The second kappa shape index (κ2) is 9.57. The fourth-order valence-corrected chi connectivity index (χ4v) is 2.96. The zero-order chi connectivity index (χ0) is 22.3. The maximum Gasteiger partial charge on any atom is 0.277 e. The molecule has 0 aliphatic heterocycles. The Morgan fingerprint density at radius 2 is 1.47 bits per heavy atom. The van der Waals surface area contributed by atoms with E-state index in [1.165, 1.54) is 11.0 Å². The molecule has 0 atom stereocenters. The van der Waals surface area contributed by atoms with E-state index in [4.69, 9.17) is 4.74 Å². The third kappa shape index (κ3) is 4.99. The predicted molar refractivity (Wildman–Crippen MR) is 121 cm³/mol. The summed E-state index contributed by atoms with van der Waals surface area (Å²) in [5, 5.41) is 13.9. The molecule has 4 aromatic rings. The number of rotatable bonds is 7. The van der Waals surface area contributed by atoms with Crippen molar-refractivity contribution < 1.29 is 14.3 Å². The highest BCUT2D eigenvalue weighted by atomic mass is 16.5. The van der Waals surface area contributed by atoms with Gasteiger partial charge in [-0.2, -0.15) is 9.90 Å². The zero-order valence-corrected chi connectivity index (χ0v) is 17.4. The number of carbonyl (C=O) groups excluding carboxylic acids is 2. The third-order valence-electron chi connectivity index (χ3n) is 4.54. The predicted octanol–water partition coefficient (Wildman–Crippen LogP) is 4.17. The average molecular weight is 427 g/mol. The standard InChI is InChI=1S/C24H21N5O3/c1-2-32-21-14-12-19(13-15-21)26-23(30)17-8-10-18(11-9-17)27-24(31)22-16-25-29(28-22)20-6-4-3-5-7-20/h3-16H,2H2,1H3,(H,26,30)(H,27,31). The van der Waals surface area contributed by atoms with Crippen molar-refractivity contribution in [1.29, 1.82) is 0 Å². The minimum Gasteiger partial charge on any atom is -0.494 e. The van der Waals surface area contributed by atoms with Crippen LogP contribution in [0.25, 0.3) is 5.69 Å². The van der Waals surface area contributed by atoms with Crippen molar-refractivity contribution in [1.82, 2.24) is 15.0 Å². The fraction of sp³-hybridized carbons (Fsp3) is 0.0833. The number of nitrogens with one attached hydrogen (secondary N) is 2. The smallest absolute Gasteiger partial charge is 0.277 e. The average Bonchev–Trinajstić information content (AvgIpc) is 3.32. The zero-order valence-electron chi connectivity index (χ0n) is 17.4. The molecule has 1 aromatic heterocycles. The van der Waals surface area contributed by atoms with Gasteiger partial charge in [-0.25, -0.2) is 0 Å². The van der Waals surface area contributed by atoms with Gasteiger partial charge in [0.1, 0.15) is 5.75 Å². The van der Waals surface area contributed by atoms with Crippen molar-refractivity contribution in [3.63, 3.8) is 0 Å². The molecule has 2 amide bonds. The lowest BCUT2D eigenvalue weighted by Crippen LogP contribution is -2.14. The van der Waals surface area contributed by atoms with Crippen molar-refractivity contribution in [2.75, 3.05) is 17.2 Å². The highest BCUT2D eigenvalue weighted by Gasteiger charge is 2.13. The van der Waals surface area contributed by atoms with Crippen LogP contribution in [0.1, 0.15) is 27.8 Å². The molecule has 0 aliphatic rings. The topological polar surface area (TPSA) is 98.1 Å². The minimum absolute atomic E-state index is 0.186. The number of benzene rings is 3. The van der Waals surface area contributed by atoms with Gasteiger partial charge in [0.05, 0.1) is 18.5 Å². The van der Waals surface area contributed by atoms with Crippen LogP contribution >= 0.6 is 0 Å². The van der Waals surface area contributed by atoms with Crippen molar-refractivity contribution >= 4 is 23.2 Å². The summed E-state index contributed by atoms with van der Waals surface area (Å²) in [7, 11) is 0. The number of nitrogens with zero attached hydrogens (tertiary/aromatic N) is 3. The molecule has 4 rings (SSSR count). The summed E-state index contributed by atoms with van der Waals surface area (Å²) >= 11 is 0. The van der Waals surface area contributed by atoms with Crippen LogP contribution in [0.5, 0.6) is 5.75 Å². The van der Waals surface area contributed by atoms with Gasteiger partial charge >= 0.3 is 0 Å². The normalized spacial score (nSPS) is 10.4. The third-order valence-corrected chi connectivity index (χ3v) is 4.54. The summed E-state index contributed by atoms with van der Waals surface area (Å²) < 4.78 is 5.39. The van der Waals surface area contributed by atoms with Crippen LogP contribution < -0.4 is 15.4 Å². The number of anilines is 2. The van der Waals surface area contributed by atoms with Gasteiger partial charge in [-0.15, -0.1) is 5.10 Å². The molecule has 8 heteroatoms. The van der Waals surface area contributed by atoms with E-state index in [0.29, 0.717) is 23.5 Å². The fourth-order valence-electron chi connectivity index (χ4n) is 2.96. The quantitative estimate of drug-likeness (QED) is 0.461. The number of ether oxygens (including phenoxy) is 1. The Morgan fingerprint density at radius 1 is 0.844 bits per heavy atom. The molecule has 0 aliphatic carbocycles. The SMILES string of the molecule is CCOc1ccc(NC(=O)c2ccc(NC(=O)c3cnn(-c4ccccc4)n3)cc2)cc1. The van der Waals surface area contributed by atoms with E-state index < -0.39 is 5.91 Å². The first kappa shape index (κ1) is 20.8. The van der Waals surface area contributed by atoms with Gasteiger partial charge in [0, 0.05) is 16.9 Å². The number of para-hydroxylation sites is 1. The summed E-state index contributed by atoms with van der Waals surface area (Å²) in [5.74, 6) is 0.103. The van der Waals surface area contributed by atoms with Crippen molar-refractivity contribution in [3.8, 4) is 11.4 Å². The number of hydrogen-bond acceptors (Lipinski definition) is 5. The first-order chi connectivity index (χ1) is 15.6. The number of aromatic nitrogens is 3. The molecule has 0 bridgehead atoms. The van der Waals surface area contributed by atoms with Gasteiger partial charge in [0.2, 0.25) is 0 Å². The molecule has 0 spiro atoms. The Kier molecular flexibility index (Phi) is 6.22. The molecule has 32 heavy (non-hydrogen) atoms. The van der Waals surface area contributed by atoms with E-state index >= 15 is 0 Å². The van der Waals surface area contributed by atoms with Gasteiger partial charge < -0.3 is 15.4 Å². The highest BCUT2D eigenvalue weighted by Crippen LogP contribution is 2.17. The first-order valence-corrected chi connectivity index (χ1v) is 10.1. The van der Waals surface area contributed by atoms with Crippen LogP contribution in [0, 0.1) is 0 Å². The lowest BCUT2D eigenvalue weighted by molar-refractivity contribution is 0.101. The Hall–Kier alpha value is -4.46. The number of carbonyl (C=O) groups is 2. The second-order valence-electron chi connectivity index (χ2n) is 6.80. The molecular formula is C24H21N5O3. The van der Waals surface area contributed by atoms with E-state index in [2.05, 4.69) is 20.8 Å². The molecule has 1 heterocycles. The van der Waals surface area contributed by atoms with Crippen LogP contribution in [0.15, 0.2) is 85.1 Å². The minimum atomic E-state index is -0.390. The van der Waals surface area contributed by atoms with Crippen LogP contribution in [-0.4, -0.2) is 33.4 Å². The van der Waals surface area contributed by atoms with Crippen LogP contribution in [-0.2, 0) is 0 Å². The maximum atomic E-state index is 12.5. The van der Waals surface area contributed by atoms with Crippen molar-refractivity contribution in [2.45, 2.75) is 6.92 Å². The molecule has 0 saturated carbocycles. The lowest BCUT2D eigenvalue weighted by atomic mass is 10.2. The van der Waals surface area contributed by atoms with Gasteiger partial charge in [0.15, 0.2) is 5.69 Å². The molecule has 0 saturated heterocycles. The Morgan fingerprint density at radius 3 is 2.12 bits per heavy atom. The number of amides is 2. The maximum absolute atomic E-state index is 12.5. The number of hydrogen-bond donors (Lipinski definition) is 2. The molecule has 3 aromatic carbocycles. The molecule has 0 unspecified atom stereocenters. The van der Waals surface area contributed by atoms with E-state index in [-0.39, 0.29) is 11.6 Å². The Labute approximate surface area is 184 Å². The van der Waals surface area contributed by atoms with E-state index in [1.807, 2.05) is 37.3 Å². The summed E-state index contributed by atoms with van der Waals surface area (Å²) in [6.07, 6.45) is 1.40. The van der Waals surface area contributed by atoms with Crippen LogP contribution in [0.3, 0.4) is 0 Å². The van der Waals surface area contributed by atoms with Crippen LogP contribution in [0.2, 0.25) is 0 Å². The highest BCUT2D eigenvalue weighted by molar-refractivity contribution is 6.05. The van der Waals surface area contributed by atoms with Gasteiger partial charge in [-0.3, -0.25) is 9.59 Å². The summed E-state index contributed by atoms with van der Waals surface area (Å²) in [6, 6.07) is 23.1. The van der Waals surface area contributed by atoms with Crippen molar-refractivity contribution in [2.24, 2.45) is 0 Å². The molecule has 0 radical (unpaired) electrons. The van der Waals surface area contributed by atoms with E-state index in [9.17, 15) is 9.59 Å². The summed E-state index contributed by atoms with van der Waals surface area (Å²) in [5.41, 5.74) is 2.62. The first-order valence-electron chi connectivity index (χ1n) is 10.1. The Bertz CT molecular complexity index is 1200. The Balaban J connectivity index is 1.36. The van der Waals surface area contributed by atoms with Gasteiger partial charge in [0.25, 0.3) is 11.8 Å². The molecular weight excluding hydrogens is 406 g/mol. The van der Waals surface area contributed by atoms with Crippen LogP contribution in [0.4, 0.5) is 11.4 Å². The van der Waals surface area contributed by atoms with Gasteiger partial charge in [-0.05, 0) is 67.6 Å². The second-order valence-corrected chi connectivity index (χ2v) is 6.80. The van der Waals surface area contributed by atoms with Gasteiger partial charge in [-0.1, -0.05) is 18.2 Å². The van der Waals surface area contributed by atoms with Crippen molar-refractivity contribution in [3.05, 3.63) is 96.3 Å². The van der Waals surface area contributed by atoms with E-state index in [0.717, 1.165) is 11.4 Å². The summed E-state index contributed by atoms with van der Waals surface area (Å²) in [4.78, 5) is 26.3. The molecule has 0 fully saturated rings. The monoisotopic (exact) mass is 427 g/mol. The van der Waals surface area contributed by atoms with E-state index in [1.54, 1.807) is 48.5 Å². The lowest BCUT2D eigenvalue weighted by Gasteiger charge is -2.08. The largest absolute Gasteiger partial charge is 0.494 e.